The van der Waals surface area contributed by atoms with Gasteiger partial charge in [-0.25, -0.2) is 0 Å². The van der Waals surface area contributed by atoms with Crippen molar-refractivity contribution in [2.75, 3.05) is 0 Å². The van der Waals surface area contributed by atoms with Crippen LogP contribution in [0.3, 0.4) is 0 Å². The standard InChI is InChI=1S/C22H35NO2/c1-14(23-25)12-15-5-7-19-18-6-4-16-13-17(24)8-10-21(16,2)20(18)9-11-22(15,19)3/h4,14-15,17-20,24H,5-13H2,1-3H3. The van der Waals surface area contributed by atoms with Crippen molar-refractivity contribution in [2.45, 2.75) is 90.7 Å². The highest BCUT2D eigenvalue weighted by Crippen LogP contribution is 2.66. The van der Waals surface area contributed by atoms with Crippen molar-refractivity contribution in [1.29, 1.82) is 0 Å². The van der Waals surface area contributed by atoms with Crippen LogP contribution in [0.25, 0.3) is 0 Å². The Morgan fingerprint density at radius 2 is 2.00 bits per heavy atom. The molecular formula is C22H35NO2. The summed E-state index contributed by atoms with van der Waals surface area (Å²) in [7, 11) is 0. The highest BCUT2D eigenvalue weighted by Gasteiger charge is 2.58. The largest absolute Gasteiger partial charge is 0.393 e. The molecule has 4 aliphatic carbocycles. The Bertz CT molecular complexity index is 572. The van der Waals surface area contributed by atoms with Crippen molar-refractivity contribution < 1.29 is 5.11 Å². The van der Waals surface area contributed by atoms with Crippen molar-refractivity contribution in [2.24, 2.45) is 39.7 Å². The maximum absolute atomic E-state index is 10.9. The fourth-order valence-electron chi connectivity index (χ4n) is 7.59. The van der Waals surface area contributed by atoms with Crippen LogP contribution in [0.5, 0.6) is 0 Å². The second-order valence-electron chi connectivity index (χ2n) is 10.2. The number of nitrogens with zero attached hydrogens (tertiary/aromatic N) is 1. The van der Waals surface area contributed by atoms with Crippen LogP contribution in [0.15, 0.2) is 16.8 Å². The Morgan fingerprint density at radius 3 is 2.76 bits per heavy atom. The molecule has 25 heavy (non-hydrogen) atoms. The lowest BCUT2D eigenvalue weighted by molar-refractivity contribution is -0.0511. The van der Waals surface area contributed by atoms with Crippen LogP contribution in [0.1, 0.15) is 78.6 Å². The second-order valence-corrected chi connectivity index (χ2v) is 10.2. The van der Waals surface area contributed by atoms with E-state index in [0.717, 1.165) is 37.0 Å². The zero-order chi connectivity index (χ0) is 17.8. The van der Waals surface area contributed by atoms with Gasteiger partial charge in [0.05, 0.1) is 12.1 Å². The van der Waals surface area contributed by atoms with Crippen molar-refractivity contribution in [3.63, 3.8) is 0 Å². The predicted molar refractivity (Wildman–Crippen MR) is 101 cm³/mol. The molecule has 0 aromatic heterocycles. The molecule has 4 rings (SSSR count). The average molecular weight is 346 g/mol. The third-order valence-electron chi connectivity index (χ3n) is 9.08. The summed E-state index contributed by atoms with van der Waals surface area (Å²) in [6.07, 6.45) is 12.9. The molecule has 0 amide bonds. The minimum Gasteiger partial charge on any atom is -0.393 e. The summed E-state index contributed by atoms with van der Waals surface area (Å²) in [5.41, 5.74) is 2.30. The summed E-state index contributed by atoms with van der Waals surface area (Å²) in [5.74, 6) is 3.11. The van der Waals surface area contributed by atoms with E-state index < -0.39 is 0 Å². The van der Waals surface area contributed by atoms with E-state index in [0.29, 0.717) is 16.7 Å². The summed E-state index contributed by atoms with van der Waals surface area (Å²) < 4.78 is 0. The summed E-state index contributed by atoms with van der Waals surface area (Å²) in [6, 6.07) is -0.0338. The number of rotatable bonds is 3. The van der Waals surface area contributed by atoms with E-state index in [-0.39, 0.29) is 12.1 Å². The van der Waals surface area contributed by atoms with Gasteiger partial charge in [0.1, 0.15) is 0 Å². The average Bonchev–Trinajstić information content (AvgIpc) is 2.92. The van der Waals surface area contributed by atoms with E-state index in [2.05, 4.69) is 25.1 Å². The van der Waals surface area contributed by atoms with Crippen LogP contribution < -0.4 is 0 Å². The molecule has 0 bridgehead atoms. The van der Waals surface area contributed by atoms with Crippen molar-refractivity contribution in [3.8, 4) is 0 Å². The summed E-state index contributed by atoms with van der Waals surface area (Å²) in [5, 5.41) is 13.4. The third kappa shape index (κ3) is 2.64. The first-order chi connectivity index (χ1) is 11.9. The number of allylic oxidation sites excluding steroid dienone is 1. The van der Waals surface area contributed by atoms with Crippen LogP contribution in [0.2, 0.25) is 0 Å². The monoisotopic (exact) mass is 345 g/mol. The van der Waals surface area contributed by atoms with E-state index in [1.165, 1.54) is 38.5 Å². The van der Waals surface area contributed by atoms with Crippen molar-refractivity contribution >= 4 is 0 Å². The lowest BCUT2D eigenvalue weighted by Crippen LogP contribution is -2.50. The summed E-state index contributed by atoms with van der Waals surface area (Å²) in [4.78, 5) is 10.9. The lowest BCUT2D eigenvalue weighted by Gasteiger charge is -2.58. The van der Waals surface area contributed by atoms with Crippen LogP contribution >= 0.6 is 0 Å². The minimum absolute atomic E-state index is 0.0338. The van der Waals surface area contributed by atoms with Gasteiger partial charge in [-0.1, -0.05) is 30.7 Å². The smallest absolute Gasteiger partial charge is 0.0894 e. The van der Waals surface area contributed by atoms with Gasteiger partial charge in [-0.15, -0.1) is 0 Å². The zero-order valence-corrected chi connectivity index (χ0v) is 16.2. The summed E-state index contributed by atoms with van der Waals surface area (Å²) in [6.45, 7) is 7.00. The number of aliphatic hydroxyl groups is 1. The molecule has 140 valence electrons. The van der Waals surface area contributed by atoms with E-state index >= 15 is 0 Å². The molecule has 3 heteroatoms. The van der Waals surface area contributed by atoms with Gasteiger partial charge in [-0.2, -0.15) is 4.91 Å². The van der Waals surface area contributed by atoms with Gasteiger partial charge in [-0.05, 0) is 99.2 Å². The first kappa shape index (κ1) is 17.7. The SMILES string of the molecule is CC(CC1CCC2C3CC=C4CC(O)CCC4(C)C3CCC12C)N=O. The molecule has 4 aliphatic rings. The molecule has 8 atom stereocenters. The van der Waals surface area contributed by atoms with Gasteiger partial charge >= 0.3 is 0 Å². The molecule has 0 aromatic rings. The van der Waals surface area contributed by atoms with Gasteiger partial charge in [-0.3, -0.25) is 0 Å². The molecule has 3 fully saturated rings. The molecule has 0 spiro atoms. The Balaban J connectivity index is 1.59. The van der Waals surface area contributed by atoms with Crippen molar-refractivity contribution in [3.05, 3.63) is 16.6 Å². The highest BCUT2D eigenvalue weighted by molar-refractivity contribution is 5.25. The normalized spacial score (nSPS) is 50.2. The molecule has 0 aromatic carbocycles. The van der Waals surface area contributed by atoms with E-state index in [4.69, 9.17) is 0 Å². The Morgan fingerprint density at radius 1 is 1.20 bits per heavy atom. The van der Waals surface area contributed by atoms with Crippen LogP contribution in [0, 0.1) is 39.4 Å². The lowest BCUT2D eigenvalue weighted by atomic mass is 9.47. The van der Waals surface area contributed by atoms with E-state index in [9.17, 15) is 10.0 Å². The fraction of sp³-hybridized carbons (Fsp3) is 0.909. The quantitative estimate of drug-likeness (QED) is 0.544. The van der Waals surface area contributed by atoms with Crippen LogP contribution in [-0.2, 0) is 0 Å². The maximum Gasteiger partial charge on any atom is 0.0894 e. The Kier molecular flexibility index (Phi) is 4.38. The number of aliphatic hydroxyl groups excluding tert-OH is 1. The topological polar surface area (TPSA) is 49.7 Å². The van der Waals surface area contributed by atoms with Gasteiger partial charge in [0.2, 0.25) is 0 Å². The van der Waals surface area contributed by atoms with Crippen LogP contribution in [0.4, 0.5) is 0 Å². The molecule has 3 saturated carbocycles. The molecule has 0 heterocycles. The van der Waals surface area contributed by atoms with Crippen molar-refractivity contribution in [1.82, 2.24) is 0 Å². The molecule has 3 nitrogen and oxygen atoms in total. The molecular weight excluding hydrogens is 310 g/mol. The highest BCUT2D eigenvalue weighted by atomic mass is 16.3. The summed E-state index contributed by atoms with van der Waals surface area (Å²) >= 11 is 0. The molecule has 0 radical (unpaired) electrons. The molecule has 0 aliphatic heterocycles. The van der Waals surface area contributed by atoms with E-state index in [1.54, 1.807) is 5.57 Å². The number of nitroso groups, excluding NO2 is 1. The molecule has 8 unspecified atom stereocenters. The zero-order valence-electron chi connectivity index (χ0n) is 16.2. The molecule has 1 N–H and O–H groups in total. The van der Waals surface area contributed by atoms with Gasteiger partial charge in [0.25, 0.3) is 0 Å². The van der Waals surface area contributed by atoms with Gasteiger partial charge < -0.3 is 5.11 Å². The number of hydrogen-bond acceptors (Lipinski definition) is 3. The Labute approximate surface area is 152 Å². The predicted octanol–water partition coefficient (Wildman–Crippen LogP) is 5.47. The first-order valence-corrected chi connectivity index (χ1v) is 10.6. The van der Waals surface area contributed by atoms with Crippen LogP contribution in [-0.4, -0.2) is 17.3 Å². The second kappa shape index (κ2) is 6.18. The third-order valence-corrected chi connectivity index (χ3v) is 9.08. The fourth-order valence-corrected chi connectivity index (χ4v) is 7.59. The van der Waals surface area contributed by atoms with Gasteiger partial charge in [0, 0.05) is 0 Å². The first-order valence-electron chi connectivity index (χ1n) is 10.6. The Hall–Kier alpha value is -0.700. The van der Waals surface area contributed by atoms with E-state index in [1.807, 2.05) is 6.92 Å². The minimum atomic E-state index is -0.113. The molecule has 0 saturated heterocycles. The number of fused-ring (bicyclic) bond motifs is 5. The number of hydrogen-bond donors (Lipinski definition) is 1. The maximum atomic E-state index is 10.9. The van der Waals surface area contributed by atoms with Gasteiger partial charge in [0.15, 0.2) is 0 Å².